The molecule has 1 saturated heterocycles. The Morgan fingerprint density at radius 1 is 1.12 bits per heavy atom. The van der Waals surface area contributed by atoms with Gasteiger partial charge in [-0.1, -0.05) is 12.1 Å². The lowest BCUT2D eigenvalue weighted by Gasteiger charge is -2.19. The lowest BCUT2D eigenvalue weighted by atomic mass is 9.97. The lowest BCUT2D eigenvalue weighted by Crippen LogP contribution is -2.21. The molecule has 0 radical (unpaired) electrons. The molecular formula is C24H30N6O2. The van der Waals surface area contributed by atoms with Crippen molar-refractivity contribution in [2.45, 2.75) is 18.9 Å². The summed E-state index contributed by atoms with van der Waals surface area (Å²) in [6.45, 7) is 3.98. The molecule has 0 bridgehead atoms. The lowest BCUT2D eigenvalue weighted by molar-refractivity contribution is 0.146. The van der Waals surface area contributed by atoms with Crippen molar-refractivity contribution in [3.05, 3.63) is 60.4 Å². The molecule has 3 aromatic rings. The number of anilines is 1. The van der Waals surface area contributed by atoms with E-state index in [4.69, 9.17) is 14.5 Å². The molecule has 1 atom stereocenters. The van der Waals surface area contributed by atoms with E-state index in [0.717, 1.165) is 54.6 Å². The van der Waals surface area contributed by atoms with Gasteiger partial charge in [0.1, 0.15) is 18.7 Å². The summed E-state index contributed by atoms with van der Waals surface area (Å²) in [7, 11) is 5.61. The van der Waals surface area contributed by atoms with Crippen molar-refractivity contribution in [2.24, 2.45) is 0 Å². The average Bonchev–Trinajstić information content (AvgIpc) is 3.28. The first kappa shape index (κ1) is 22.1. The van der Waals surface area contributed by atoms with Gasteiger partial charge in [0.2, 0.25) is 5.95 Å². The van der Waals surface area contributed by atoms with Crippen molar-refractivity contribution in [1.29, 1.82) is 0 Å². The van der Waals surface area contributed by atoms with Gasteiger partial charge in [0.25, 0.3) is 0 Å². The highest BCUT2D eigenvalue weighted by Crippen LogP contribution is 2.34. The number of nitrogens with zero attached hydrogens (tertiary/aromatic N) is 6. The molecular weight excluding hydrogens is 404 g/mol. The Balaban J connectivity index is 1.49. The second kappa shape index (κ2) is 10.5. The molecule has 8 nitrogen and oxygen atoms in total. The van der Waals surface area contributed by atoms with Gasteiger partial charge in [-0.15, -0.1) is 0 Å². The molecule has 0 amide bonds. The normalized spacial score (nSPS) is 16.3. The standard InChI is InChI=1S/C24H30N6O2/c1-29(2)24-27-14-22(20-12-25-17-26-13-20)23(28-24)19-7-8-30(16-19)15-18-5-4-6-21(11-18)32-10-9-31-3/h4-6,11-14,17,19H,7-10,15-16H2,1-3H3. The Hall–Kier alpha value is -3.10. The van der Waals surface area contributed by atoms with Crippen LogP contribution in [-0.4, -0.2) is 72.3 Å². The minimum absolute atomic E-state index is 0.327. The van der Waals surface area contributed by atoms with Crippen LogP contribution in [0, 0.1) is 0 Å². The molecule has 32 heavy (non-hydrogen) atoms. The summed E-state index contributed by atoms with van der Waals surface area (Å²) in [5.74, 6) is 1.93. The molecule has 3 heterocycles. The maximum absolute atomic E-state index is 5.77. The minimum Gasteiger partial charge on any atom is -0.491 e. The van der Waals surface area contributed by atoms with E-state index >= 15 is 0 Å². The van der Waals surface area contributed by atoms with Gasteiger partial charge in [0.15, 0.2) is 0 Å². The van der Waals surface area contributed by atoms with Crippen LogP contribution >= 0.6 is 0 Å². The zero-order valence-corrected chi connectivity index (χ0v) is 18.9. The zero-order chi connectivity index (χ0) is 22.3. The van der Waals surface area contributed by atoms with E-state index in [-0.39, 0.29) is 0 Å². The average molecular weight is 435 g/mol. The summed E-state index contributed by atoms with van der Waals surface area (Å²) in [5, 5.41) is 0. The number of rotatable bonds is 9. The fourth-order valence-corrected chi connectivity index (χ4v) is 4.01. The van der Waals surface area contributed by atoms with Gasteiger partial charge < -0.3 is 14.4 Å². The Morgan fingerprint density at radius 3 is 2.75 bits per heavy atom. The van der Waals surface area contributed by atoms with Crippen LogP contribution in [0.5, 0.6) is 5.75 Å². The van der Waals surface area contributed by atoms with Gasteiger partial charge in [0.05, 0.1) is 12.3 Å². The topological polar surface area (TPSA) is 76.5 Å². The highest BCUT2D eigenvalue weighted by atomic mass is 16.5. The molecule has 1 aliphatic rings. The third-order valence-electron chi connectivity index (χ3n) is 5.60. The predicted octanol–water partition coefficient (Wildman–Crippen LogP) is 3.01. The monoisotopic (exact) mass is 434 g/mol. The number of hydrogen-bond donors (Lipinski definition) is 0. The maximum atomic E-state index is 5.77. The Labute approximate surface area is 189 Å². The van der Waals surface area contributed by atoms with Crippen molar-refractivity contribution >= 4 is 5.95 Å². The van der Waals surface area contributed by atoms with Crippen molar-refractivity contribution in [2.75, 3.05) is 52.4 Å². The summed E-state index contributed by atoms with van der Waals surface area (Å²) < 4.78 is 10.8. The molecule has 0 aliphatic carbocycles. The number of aromatic nitrogens is 4. The molecule has 0 N–H and O–H groups in total. The van der Waals surface area contributed by atoms with Crippen molar-refractivity contribution < 1.29 is 9.47 Å². The SMILES string of the molecule is COCCOc1cccc(CN2CCC(c3nc(N(C)C)ncc3-c3cncnc3)C2)c1. The number of hydrogen-bond acceptors (Lipinski definition) is 8. The third kappa shape index (κ3) is 5.38. The van der Waals surface area contributed by atoms with Gasteiger partial charge in [-0.25, -0.2) is 19.9 Å². The van der Waals surface area contributed by atoms with Crippen LogP contribution < -0.4 is 9.64 Å². The smallest absolute Gasteiger partial charge is 0.225 e. The van der Waals surface area contributed by atoms with Crippen LogP contribution in [-0.2, 0) is 11.3 Å². The van der Waals surface area contributed by atoms with Crippen molar-refractivity contribution in [3.8, 4) is 16.9 Å². The van der Waals surface area contributed by atoms with Crippen molar-refractivity contribution in [1.82, 2.24) is 24.8 Å². The Morgan fingerprint density at radius 2 is 1.97 bits per heavy atom. The number of benzene rings is 1. The number of ether oxygens (including phenoxy) is 2. The van der Waals surface area contributed by atoms with E-state index in [0.29, 0.717) is 19.1 Å². The number of methoxy groups -OCH3 is 1. The molecule has 2 aromatic heterocycles. The molecule has 4 rings (SSSR count). The largest absolute Gasteiger partial charge is 0.491 e. The van der Waals surface area contributed by atoms with Crippen LogP contribution in [0.15, 0.2) is 49.2 Å². The predicted molar refractivity (Wildman–Crippen MR) is 124 cm³/mol. The van der Waals surface area contributed by atoms with E-state index in [1.54, 1.807) is 13.4 Å². The first-order chi connectivity index (χ1) is 15.6. The summed E-state index contributed by atoms with van der Waals surface area (Å²) in [6.07, 6.45) is 8.15. The summed E-state index contributed by atoms with van der Waals surface area (Å²) >= 11 is 0. The summed E-state index contributed by atoms with van der Waals surface area (Å²) in [4.78, 5) is 22.2. The van der Waals surface area contributed by atoms with Gasteiger partial charge in [0, 0.05) is 69.9 Å². The van der Waals surface area contributed by atoms with Crippen LogP contribution in [0.1, 0.15) is 23.6 Å². The first-order valence-electron chi connectivity index (χ1n) is 10.9. The molecule has 1 unspecified atom stereocenters. The second-order valence-electron chi connectivity index (χ2n) is 8.20. The zero-order valence-electron chi connectivity index (χ0n) is 18.9. The molecule has 1 aromatic carbocycles. The first-order valence-corrected chi connectivity index (χ1v) is 10.9. The van der Waals surface area contributed by atoms with Crippen molar-refractivity contribution in [3.63, 3.8) is 0 Å². The van der Waals surface area contributed by atoms with E-state index in [2.05, 4.69) is 32.0 Å². The van der Waals surface area contributed by atoms with Gasteiger partial charge in [-0.3, -0.25) is 4.90 Å². The molecule has 168 valence electrons. The van der Waals surface area contributed by atoms with Gasteiger partial charge in [-0.05, 0) is 30.7 Å². The minimum atomic E-state index is 0.327. The van der Waals surface area contributed by atoms with Crippen LogP contribution in [0.25, 0.3) is 11.1 Å². The van der Waals surface area contributed by atoms with Crippen LogP contribution in [0.4, 0.5) is 5.95 Å². The second-order valence-corrected chi connectivity index (χ2v) is 8.20. The van der Waals surface area contributed by atoms with E-state index in [1.165, 1.54) is 5.56 Å². The fourth-order valence-electron chi connectivity index (χ4n) is 4.01. The Bertz CT molecular complexity index is 1010. The Kier molecular flexibility index (Phi) is 7.24. The maximum Gasteiger partial charge on any atom is 0.225 e. The number of likely N-dealkylation sites (tertiary alicyclic amines) is 1. The molecule has 1 aliphatic heterocycles. The molecule has 8 heteroatoms. The summed E-state index contributed by atoms with van der Waals surface area (Å²) in [5.41, 5.74) is 4.27. The molecule has 0 spiro atoms. The summed E-state index contributed by atoms with van der Waals surface area (Å²) in [6, 6.07) is 8.30. The quantitative estimate of drug-likeness (QED) is 0.476. The van der Waals surface area contributed by atoms with Gasteiger partial charge >= 0.3 is 0 Å². The molecule has 0 saturated carbocycles. The van der Waals surface area contributed by atoms with Gasteiger partial charge in [-0.2, -0.15) is 0 Å². The van der Waals surface area contributed by atoms with E-state index in [9.17, 15) is 0 Å². The highest BCUT2D eigenvalue weighted by molar-refractivity contribution is 5.65. The third-order valence-corrected chi connectivity index (χ3v) is 5.60. The van der Waals surface area contributed by atoms with E-state index in [1.807, 2.05) is 49.7 Å². The van der Waals surface area contributed by atoms with Crippen LogP contribution in [0.2, 0.25) is 0 Å². The highest BCUT2D eigenvalue weighted by Gasteiger charge is 2.28. The fraction of sp³-hybridized carbons (Fsp3) is 0.417. The van der Waals surface area contributed by atoms with E-state index < -0.39 is 0 Å². The van der Waals surface area contributed by atoms with Crippen LogP contribution in [0.3, 0.4) is 0 Å². The molecule has 1 fully saturated rings.